The lowest BCUT2D eigenvalue weighted by Crippen LogP contribution is -2.47. The van der Waals surface area contributed by atoms with Gasteiger partial charge in [-0.2, -0.15) is 0 Å². The number of hydrogen-bond donors (Lipinski definition) is 1. The summed E-state index contributed by atoms with van der Waals surface area (Å²) in [5.74, 6) is -0.729. The van der Waals surface area contributed by atoms with Gasteiger partial charge in [0, 0.05) is 25.5 Å². The number of carbonyl (C=O) groups excluding carboxylic acids is 1. The molecule has 0 saturated carbocycles. The molecule has 0 aromatic carbocycles. The summed E-state index contributed by atoms with van der Waals surface area (Å²) in [5.41, 5.74) is 0.143. The zero-order chi connectivity index (χ0) is 15.5. The number of piperidine rings is 1. The molecule has 1 amide bonds. The number of carbonyl (C=O) groups is 2. The molecule has 0 aliphatic carbocycles. The summed E-state index contributed by atoms with van der Waals surface area (Å²) in [6, 6.07) is 3.67. The van der Waals surface area contributed by atoms with Gasteiger partial charge < -0.3 is 10.0 Å². The second kappa shape index (κ2) is 6.24. The molecule has 1 aromatic heterocycles. The summed E-state index contributed by atoms with van der Waals surface area (Å²) in [7, 11) is 0. The monoisotopic (exact) mass is 290 g/mol. The third-order valence-corrected chi connectivity index (χ3v) is 4.45. The molecule has 1 aliphatic heterocycles. The van der Waals surface area contributed by atoms with Crippen LogP contribution in [0.2, 0.25) is 0 Å². The third-order valence-electron chi connectivity index (χ3n) is 4.45. The Morgan fingerprint density at radius 1 is 1.38 bits per heavy atom. The van der Waals surface area contributed by atoms with Crippen LogP contribution in [0.3, 0.4) is 0 Å². The molecule has 1 fully saturated rings. The average molecular weight is 290 g/mol. The van der Waals surface area contributed by atoms with Gasteiger partial charge in [0.05, 0.1) is 11.8 Å². The highest BCUT2D eigenvalue weighted by atomic mass is 16.4. The highest BCUT2D eigenvalue weighted by Gasteiger charge is 2.39. The molecule has 114 valence electrons. The van der Waals surface area contributed by atoms with E-state index in [-0.39, 0.29) is 11.8 Å². The van der Waals surface area contributed by atoms with Crippen LogP contribution in [0.15, 0.2) is 24.5 Å². The number of carboxylic acid groups (broad SMARTS) is 1. The first-order chi connectivity index (χ1) is 9.91. The van der Waals surface area contributed by atoms with Crippen molar-refractivity contribution < 1.29 is 14.7 Å². The Balaban J connectivity index is 2.01. The van der Waals surface area contributed by atoms with Crippen molar-refractivity contribution in [3.63, 3.8) is 0 Å². The molecule has 2 heterocycles. The SMILES string of the molecule is CC(C)(C(=O)O)C1CCCN(C(=O)Cc2ccncc2)C1. The maximum absolute atomic E-state index is 12.4. The average Bonchev–Trinajstić information content (AvgIpc) is 2.48. The Bertz CT molecular complexity index is 514. The molecule has 1 N–H and O–H groups in total. The number of carboxylic acids is 1. The minimum absolute atomic E-state index is 0.00476. The summed E-state index contributed by atoms with van der Waals surface area (Å²) in [6.07, 6.45) is 5.43. The normalized spacial score (nSPS) is 19.3. The summed E-state index contributed by atoms with van der Waals surface area (Å²) in [4.78, 5) is 29.5. The van der Waals surface area contributed by atoms with Crippen LogP contribution in [0.5, 0.6) is 0 Å². The smallest absolute Gasteiger partial charge is 0.309 e. The quantitative estimate of drug-likeness (QED) is 0.920. The Hall–Kier alpha value is -1.91. The van der Waals surface area contributed by atoms with Gasteiger partial charge in [0.2, 0.25) is 5.91 Å². The van der Waals surface area contributed by atoms with Gasteiger partial charge in [0.25, 0.3) is 0 Å². The predicted molar refractivity (Wildman–Crippen MR) is 78.7 cm³/mol. The maximum Gasteiger partial charge on any atom is 0.309 e. The van der Waals surface area contributed by atoms with Crippen LogP contribution in [0.1, 0.15) is 32.3 Å². The molecule has 21 heavy (non-hydrogen) atoms. The van der Waals surface area contributed by atoms with Gasteiger partial charge in [-0.3, -0.25) is 14.6 Å². The first-order valence-electron chi connectivity index (χ1n) is 7.31. The molecule has 0 bridgehead atoms. The highest BCUT2D eigenvalue weighted by molar-refractivity contribution is 5.79. The molecule has 2 rings (SSSR count). The molecular formula is C16H22N2O3. The van der Waals surface area contributed by atoms with E-state index in [0.29, 0.717) is 13.0 Å². The van der Waals surface area contributed by atoms with Gasteiger partial charge in [0.1, 0.15) is 0 Å². The lowest BCUT2D eigenvalue weighted by molar-refractivity contribution is -0.153. The molecular weight excluding hydrogens is 268 g/mol. The van der Waals surface area contributed by atoms with E-state index >= 15 is 0 Å². The van der Waals surface area contributed by atoms with Gasteiger partial charge in [-0.15, -0.1) is 0 Å². The number of amides is 1. The largest absolute Gasteiger partial charge is 0.481 e. The lowest BCUT2D eigenvalue weighted by atomic mass is 9.74. The summed E-state index contributed by atoms with van der Waals surface area (Å²) in [5, 5.41) is 9.34. The van der Waals surface area contributed by atoms with Crippen LogP contribution >= 0.6 is 0 Å². The number of pyridine rings is 1. The van der Waals surface area contributed by atoms with E-state index in [0.717, 1.165) is 24.9 Å². The van der Waals surface area contributed by atoms with Crippen LogP contribution in [0.4, 0.5) is 0 Å². The van der Waals surface area contributed by atoms with Crippen LogP contribution < -0.4 is 0 Å². The number of hydrogen-bond acceptors (Lipinski definition) is 3. The predicted octanol–water partition coefficient (Wildman–Crippen LogP) is 1.97. The van der Waals surface area contributed by atoms with E-state index in [1.807, 2.05) is 12.1 Å². The van der Waals surface area contributed by atoms with E-state index < -0.39 is 11.4 Å². The second-order valence-electron chi connectivity index (χ2n) is 6.24. The van der Waals surface area contributed by atoms with Crippen molar-refractivity contribution in [2.45, 2.75) is 33.1 Å². The minimum Gasteiger partial charge on any atom is -0.481 e. The first kappa shape index (κ1) is 15.5. The van der Waals surface area contributed by atoms with Gasteiger partial charge in [-0.25, -0.2) is 0 Å². The van der Waals surface area contributed by atoms with E-state index in [4.69, 9.17) is 0 Å². The van der Waals surface area contributed by atoms with Crippen molar-refractivity contribution in [2.24, 2.45) is 11.3 Å². The Morgan fingerprint density at radius 3 is 2.67 bits per heavy atom. The number of rotatable bonds is 4. The Labute approximate surface area is 125 Å². The lowest BCUT2D eigenvalue weighted by Gasteiger charge is -2.39. The van der Waals surface area contributed by atoms with E-state index in [2.05, 4.69) is 4.98 Å². The topological polar surface area (TPSA) is 70.5 Å². The van der Waals surface area contributed by atoms with Crippen LogP contribution in [0, 0.1) is 11.3 Å². The van der Waals surface area contributed by atoms with E-state index in [9.17, 15) is 14.7 Å². The van der Waals surface area contributed by atoms with Crippen LogP contribution in [-0.2, 0) is 16.0 Å². The fourth-order valence-electron chi connectivity index (χ4n) is 2.75. The van der Waals surface area contributed by atoms with Crippen LogP contribution in [-0.4, -0.2) is 40.0 Å². The fraction of sp³-hybridized carbons (Fsp3) is 0.562. The van der Waals surface area contributed by atoms with Crippen molar-refractivity contribution in [3.05, 3.63) is 30.1 Å². The van der Waals surface area contributed by atoms with Crippen LogP contribution in [0.25, 0.3) is 0 Å². The van der Waals surface area contributed by atoms with E-state index in [1.54, 1.807) is 31.1 Å². The molecule has 1 aromatic rings. The standard InChI is InChI=1S/C16H22N2O3/c1-16(2,15(20)21)13-4-3-9-18(11-13)14(19)10-12-5-7-17-8-6-12/h5-8,13H,3-4,9-11H2,1-2H3,(H,20,21). The third kappa shape index (κ3) is 3.60. The molecule has 5 heteroatoms. The van der Waals surface area contributed by atoms with Gasteiger partial charge in [-0.1, -0.05) is 0 Å². The Kier molecular flexibility index (Phi) is 4.60. The number of nitrogens with zero attached hydrogens (tertiary/aromatic N) is 2. The van der Waals surface area contributed by atoms with Gasteiger partial charge >= 0.3 is 5.97 Å². The number of likely N-dealkylation sites (tertiary alicyclic amines) is 1. The van der Waals surface area contributed by atoms with Crippen molar-refractivity contribution >= 4 is 11.9 Å². The molecule has 1 saturated heterocycles. The molecule has 1 aliphatic rings. The fourth-order valence-corrected chi connectivity index (χ4v) is 2.75. The van der Waals surface area contributed by atoms with Gasteiger partial charge in [0.15, 0.2) is 0 Å². The molecule has 0 radical (unpaired) electrons. The summed E-state index contributed by atoms with van der Waals surface area (Å²) < 4.78 is 0. The van der Waals surface area contributed by atoms with E-state index in [1.165, 1.54) is 0 Å². The maximum atomic E-state index is 12.4. The zero-order valence-corrected chi connectivity index (χ0v) is 12.6. The minimum atomic E-state index is -0.796. The molecule has 1 unspecified atom stereocenters. The first-order valence-corrected chi connectivity index (χ1v) is 7.31. The van der Waals surface area contributed by atoms with Crippen molar-refractivity contribution in [1.82, 2.24) is 9.88 Å². The Morgan fingerprint density at radius 2 is 2.05 bits per heavy atom. The zero-order valence-electron chi connectivity index (χ0n) is 12.6. The number of aliphatic carboxylic acids is 1. The number of aromatic nitrogens is 1. The van der Waals surface area contributed by atoms with Crippen molar-refractivity contribution in [2.75, 3.05) is 13.1 Å². The molecule has 5 nitrogen and oxygen atoms in total. The second-order valence-corrected chi connectivity index (χ2v) is 6.24. The summed E-state index contributed by atoms with van der Waals surface area (Å²) >= 11 is 0. The molecule has 1 atom stereocenters. The van der Waals surface area contributed by atoms with Gasteiger partial charge in [-0.05, 0) is 50.3 Å². The van der Waals surface area contributed by atoms with Crippen molar-refractivity contribution in [3.8, 4) is 0 Å². The van der Waals surface area contributed by atoms with Crippen molar-refractivity contribution in [1.29, 1.82) is 0 Å². The summed E-state index contributed by atoms with van der Waals surface area (Å²) in [6.45, 7) is 4.74. The highest BCUT2D eigenvalue weighted by Crippen LogP contribution is 2.34. The molecule has 0 spiro atoms.